The van der Waals surface area contributed by atoms with Crippen molar-refractivity contribution in [3.63, 3.8) is 0 Å². The molecule has 0 saturated heterocycles. The number of para-hydroxylation sites is 1. The molecular formula is C22H20F3IN4O. The van der Waals surface area contributed by atoms with E-state index >= 15 is 0 Å². The first-order chi connectivity index (χ1) is 14.9. The summed E-state index contributed by atoms with van der Waals surface area (Å²) >= 11 is 2.23. The Labute approximate surface area is 191 Å². The molecule has 31 heavy (non-hydrogen) atoms. The van der Waals surface area contributed by atoms with Gasteiger partial charge in [0.15, 0.2) is 0 Å². The summed E-state index contributed by atoms with van der Waals surface area (Å²) in [5.74, 6) is 0.706. The van der Waals surface area contributed by atoms with E-state index in [1.807, 2.05) is 24.3 Å². The van der Waals surface area contributed by atoms with Crippen LogP contribution in [0.5, 0.6) is 5.75 Å². The van der Waals surface area contributed by atoms with Crippen molar-refractivity contribution < 1.29 is 17.9 Å². The van der Waals surface area contributed by atoms with E-state index in [-0.39, 0.29) is 5.75 Å². The van der Waals surface area contributed by atoms with Gasteiger partial charge >= 0.3 is 6.36 Å². The molecule has 2 aromatic carbocycles. The second kappa shape index (κ2) is 9.29. The summed E-state index contributed by atoms with van der Waals surface area (Å²) in [7, 11) is 0. The number of hydrogen-bond donors (Lipinski definition) is 2. The summed E-state index contributed by atoms with van der Waals surface area (Å²) in [6, 6.07) is 15.6. The Morgan fingerprint density at radius 1 is 0.968 bits per heavy atom. The van der Waals surface area contributed by atoms with Crippen LogP contribution in [0.3, 0.4) is 0 Å². The zero-order valence-electron chi connectivity index (χ0n) is 16.4. The maximum absolute atomic E-state index is 12.6. The number of aromatic nitrogens is 2. The monoisotopic (exact) mass is 540 g/mol. The number of benzene rings is 2. The average Bonchev–Trinajstić information content (AvgIpc) is 3.21. The first-order valence-electron chi connectivity index (χ1n) is 9.89. The summed E-state index contributed by atoms with van der Waals surface area (Å²) in [6.07, 6.45) is -0.358. The van der Waals surface area contributed by atoms with Crippen molar-refractivity contribution in [1.29, 1.82) is 0 Å². The SMILES string of the molecule is FC(F)(F)Oc1cccc(-c2cc(Nc3ccccc3I)nc(NC3CCCC3)n2)c1. The zero-order valence-corrected chi connectivity index (χ0v) is 18.6. The lowest BCUT2D eigenvalue weighted by Crippen LogP contribution is -2.17. The van der Waals surface area contributed by atoms with Gasteiger partial charge < -0.3 is 15.4 Å². The molecule has 0 aliphatic heterocycles. The normalized spacial score (nSPS) is 14.5. The molecule has 0 amide bonds. The van der Waals surface area contributed by atoms with Crippen LogP contribution in [0.25, 0.3) is 11.3 Å². The fourth-order valence-corrected chi connectivity index (χ4v) is 4.05. The van der Waals surface area contributed by atoms with E-state index in [0.717, 1.165) is 34.9 Å². The lowest BCUT2D eigenvalue weighted by molar-refractivity contribution is -0.274. The molecule has 5 nitrogen and oxygen atoms in total. The largest absolute Gasteiger partial charge is 0.573 e. The summed E-state index contributed by atoms with van der Waals surface area (Å²) in [6.45, 7) is 0. The topological polar surface area (TPSA) is 59.1 Å². The Bertz CT molecular complexity index is 1050. The lowest BCUT2D eigenvalue weighted by Gasteiger charge is -2.16. The highest BCUT2D eigenvalue weighted by Gasteiger charge is 2.31. The van der Waals surface area contributed by atoms with E-state index in [9.17, 15) is 13.2 Å². The first-order valence-corrected chi connectivity index (χ1v) is 11.0. The van der Waals surface area contributed by atoms with Crippen LogP contribution in [-0.2, 0) is 0 Å². The third-order valence-electron chi connectivity index (χ3n) is 4.91. The molecule has 9 heteroatoms. The molecule has 1 saturated carbocycles. The third kappa shape index (κ3) is 5.99. The summed E-state index contributed by atoms with van der Waals surface area (Å²) in [5.41, 5.74) is 1.88. The van der Waals surface area contributed by atoms with Crippen molar-refractivity contribution in [3.05, 3.63) is 58.2 Å². The molecule has 162 valence electrons. The Hall–Kier alpha value is -2.56. The van der Waals surface area contributed by atoms with Gasteiger partial charge in [-0.2, -0.15) is 4.98 Å². The number of rotatable bonds is 6. The lowest BCUT2D eigenvalue weighted by atomic mass is 10.1. The maximum Gasteiger partial charge on any atom is 0.573 e. The standard InChI is InChI=1S/C22H20F3IN4O/c23-22(24,25)31-16-9-5-6-14(12-16)19-13-20(28-18-11-4-3-10-17(18)26)30-21(29-19)27-15-7-1-2-8-15/h3-6,9-13,15H,1-2,7-8H2,(H2,27,28,29,30). The van der Waals surface area contributed by atoms with Crippen LogP contribution in [0, 0.1) is 3.57 Å². The smallest absolute Gasteiger partial charge is 0.406 e. The van der Waals surface area contributed by atoms with E-state index in [1.165, 1.54) is 18.2 Å². The number of ether oxygens (including phenoxy) is 1. The molecule has 4 rings (SSSR count). The van der Waals surface area contributed by atoms with Crippen LogP contribution in [-0.4, -0.2) is 22.4 Å². The summed E-state index contributed by atoms with van der Waals surface area (Å²) in [5, 5.41) is 6.66. The Kier molecular flexibility index (Phi) is 6.49. The van der Waals surface area contributed by atoms with E-state index in [4.69, 9.17) is 0 Å². The van der Waals surface area contributed by atoms with Crippen molar-refractivity contribution in [2.45, 2.75) is 38.1 Å². The van der Waals surface area contributed by atoms with Crippen molar-refractivity contribution in [2.24, 2.45) is 0 Å². The molecular weight excluding hydrogens is 520 g/mol. The highest BCUT2D eigenvalue weighted by molar-refractivity contribution is 14.1. The quantitative estimate of drug-likeness (QED) is 0.339. The molecule has 0 spiro atoms. The molecule has 1 aliphatic rings. The Morgan fingerprint density at radius 3 is 2.48 bits per heavy atom. The average molecular weight is 540 g/mol. The molecule has 1 aromatic heterocycles. The van der Waals surface area contributed by atoms with E-state index in [2.05, 4.69) is 47.9 Å². The fourth-order valence-electron chi connectivity index (χ4n) is 3.53. The van der Waals surface area contributed by atoms with Gasteiger partial charge in [-0.05, 0) is 59.7 Å². The van der Waals surface area contributed by atoms with Gasteiger partial charge in [-0.15, -0.1) is 13.2 Å². The van der Waals surface area contributed by atoms with Crippen LogP contribution < -0.4 is 15.4 Å². The minimum absolute atomic E-state index is 0.291. The van der Waals surface area contributed by atoms with E-state index in [1.54, 1.807) is 12.1 Å². The van der Waals surface area contributed by atoms with Crippen LogP contribution in [0.15, 0.2) is 54.6 Å². The Morgan fingerprint density at radius 2 is 1.74 bits per heavy atom. The van der Waals surface area contributed by atoms with E-state index in [0.29, 0.717) is 29.1 Å². The van der Waals surface area contributed by atoms with Crippen molar-refractivity contribution in [2.75, 3.05) is 10.6 Å². The second-order valence-electron chi connectivity index (χ2n) is 7.27. The number of hydrogen-bond acceptors (Lipinski definition) is 5. The number of halogens is 4. The third-order valence-corrected chi connectivity index (χ3v) is 5.86. The van der Waals surface area contributed by atoms with Crippen LogP contribution in [0.2, 0.25) is 0 Å². The van der Waals surface area contributed by atoms with Gasteiger partial charge in [-0.25, -0.2) is 4.98 Å². The summed E-state index contributed by atoms with van der Waals surface area (Å²) < 4.78 is 43.0. The zero-order chi connectivity index (χ0) is 21.8. The van der Waals surface area contributed by atoms with Gasteiger partial charge in [-0.1, -0.05) is 37.1 Å². The van der Waals surface area contributed by atoms with Gasteiger partial charge in [0.2, 0.25) is 5.95 Å². The molecule has 2 N–H and O–H groups in total. The van der Waals surface area contributed by atoms with Crippen molar-refractivity contribution in [3.8, 4) is 17.0 Å². The molecule has 1 fully saturated rings. The van der Waals surface area contributed by atoms with Crippen molar-refractivity contribution in [1.82, 2.24) is 9.97 Å². The number of nitrogens with one attached hydrogen (secondary N) is 2. The van der Waals surface area contributed by atoms with Gasteiger partial charge in [0.05, 0.1) is 11.4 Å². The molecule has 0 bridgehead atoms. The van der Waals surface area contributed by atoms with Gasteiger partial charge in [0, 0.05) is 21.2 Å². The minimum atomic E-state index is -4.75. The predicted molar refractivity (Wildman–Crippen MR) is 122 cm³/mol. The Balaban J connectivity index is 1.69. The van der Waals surface area contributed by atoms with Crippen molar-refractivity contribution >= 4 is 40.0 Å². The van der Waals surface area contributed by atoms with Crippen LogP contribution >= 0.6 is 22.6 Å². The van der Waals surface area contributed by atoms with E-state index < -0.39 is 6.36 Å². The van der Waals surface area contributed by atoms with Gasteiger partial charge in [0.25, 0.3) is 0 Å². The number of nitrogens with zero attached hydrogens (tertiary/aromatic N) is 2. The molecule has 0 radical (unpaired) electrons. The summed E-state index contributed by atoms with van der Waals surface area (Å²) in [4.78, 5) is 9.16. The predicted octanol–water partition coefficient (Wildman–Crippen LogP) is 6.74. The number of alkyl halides is 3. The number of anilines is 3. The molecule has 1 heterocycles. The second-order valence-corrected chi connectivity index (χ2v) is 8.43. The van der Waals surface area contributed by atoms with Crippen LogP contribution in [0.4, 0.5) is 30.6 Å². The van der Waals surface area contributed by atoms with Gasteiger partial charge in [-0.3, -0.25) is 0 Å². The highest BCUT2D eigenvalue weighted by atomic mass is 127. The van der Waals surface area contributed by atoms with Crippen LogP contribution in [0.1, 0.15) is 25.7 Å². The van der Waals surface area contributed by atoms with Gasteiger partial charge in [0.1, 0.15) is 11.6 Å². The molecule has 3 aromatic rings. The molecule has 0 atom stereocenters. The fraction of sp³-hybridized carbons (Fsp3) is 0.273. The minimum Gasteiger partial charge on any atom is -0.406 e. The molecule has 1 aliphatic carbocycles. The maximum atomic E-state index is 12.6. The first kappa shape index (κ1) is 21.7. The molecule has 0 unspecified atom stereocenters. The highest BCUT2D eigenvalue weighted by Crippen LogP contribution is 2.30.